The molecule has 2 fully saturated rings. The van der Waals surface area contributed by atoms with Crippen LogP contribution < -0.4 is 0 Å². The summed E-state index contributed by atoms with van der Waals surface area (Å²) in [5.74, 6) is -0.391. The monoisotopic (exact) mass is 613 g/mol. The lowest BCUT2D eigenvalue weighted by Crippen LogP contribution is -2.66. The molecule has 3 atom stereocenters. The minimum absolute atomic E-state index is 0.0721. The van der Waals surface area contributed by atoms with Gasteiger partial charge < -0.3 is 33.8 Å². The summed E-state index contributed by atoms with van der Waals surface area (Å²) in [5, 5.41) is 10.5. The number of likely N-dealkylation sites (tertiary alicyclic amines) is 1. The zero-order chi connectivity index (χ0) is 32.0. The molecule has 2 aliphatic rings. The Labute approximate surface area is 261 Å². The van der Waals surface area contributed by atoms with Crippen LogP contribution in [-0.2, 0) is 20.8 Å². The van der Waals surface area contributed by atoms with Crippen molar-refractivity contribution >= 4 is 28.9 Å². The van der Waals surface area contributed by atoms with Crippen LogP contribution in [-0.4, -0.2) is 112 Å². The Morgan fingerprint density at radius 3 is 2.45 bits per heavy atom. The van der Waals surface area contributed by atoms with Crippen molar-refractivity contribution in [2.24, 2.45) is 17.3 Å². The molecule has 11 heteroatoms. The summed E-state index contributed by atoms with van der Waals surface area (Å²) >= 11 is 0. The number of unbranched alkanes of at least 4 members (excludes halogenated alkanes) is 2. The lowest BCUT2D eigenvalue weighted by molar-refractivity contribution is -0.144. The Bertz CT molecular complexity index is 1280. The molecule has 1 aromatic heterocycles. The fourth-order valence-corrected chi connectivity index (χ4v) is 6.86. The van der Waals surface area contributed by atoms with Gasteiger partial charge in [0, 0.05) is 46.4 Å². The largest absolute Gasteiger partial charge is 0.465 e. The number of amides is 3. The number of nitrogens with zero attached hydrogens (tertiary/aromatic N) is 5. The topological polar surface area (TPSA) is 117 Å². The number of carbonyl (C=O) groups excluding carboxylic acids is 2. The van der Waals surface area contributed by atoms with E-state index in [9.17, 15) is 19.5 Å². The van der Waals surface area contributed by atoms with Gasteiger partial charge in [0.1, 0.15) is 0 Å². The fraction of sp³-hybridized carbons (Fsp3) is 0.697. The highest BCUT2D eigenvalue weighted by atomic mass is 16.5. The molecule has 44 heavy (non-hydrogen) atoms. The molecular formula is C33H51N5O6. The molecule has 2 aromatic rings. The second kappa shape index (κ2) is 14.7. The van der Waals surface area contributed by atoms with E-state index in [-0.39, 0.29) is 24.3 Å². The van der Waals surface area contributed by atoms with E-state index in [2.05, 4.69) is 13.8 Å². The molecule has 4 rings (SSSR count). The minimum atomic E-state index is -1.07. The van der Waals surface area contributed by atoms with Crippen molar-refractivity contribution in [1.29, 1.82) is 0 Å². The fourth-order valence-electron chi connectivity index (χ4n) is 6.86. The van der Waals surface area contributed by atoms with Crippen LogP contribution >= 0.6 is 0 Å². The van der Waals surface area contributed by atoms with Gasteiger partial charge in [-0.25, -0.2) is 9.78 Å². The first-order chi connectivity index (χ1) is 20.9. The molecule has 0 bridgehead atoms. The number of methoxy groups -OCH3 is 1. The van der Waals surface area contributed by atoms with Crippen molar-refractivity contribution in [3.05, 3.63) is 30.1 Å². The average Bonchev–Trinajstić information content (AvgIpc) is 3.36. The maximum atomic E-state index is 14.8. The first-order valence-corrected chi connectivity index (χ1v) is 16.0. The predicted octanol–water partition coefficient (Wildman–Crippen LogP) is 4.59. The van der Waals surface area contributed by atoms with Gasteiger partial charge in [-0.15, -0.1) is 0 Å². The summed E-state index contributed by atoms with van der Waals surface area (Å²) < 4.78 is 12.7. The van der Waals surface area contributed by atoms with Crippen molar-refractivity contribution in [3.8, 4) is 0 Å². The van der Waals surface area contributed by atoms with Crippen LogP contribution in [0.3, 0.4) is 0 Å². The van der Waals surface area contributed by atoms with E-state index >= 15 is 0 Å². The summed E-state index contributed by atoms with van der Waals surface area (Å²) in [5.41, 5.74) is 1.16. The Morgan fingerprint density at radius 2 is 1.82 bits per heavy atom. The number of benzene rings is 1. The molecule has 0 spiro atoms. The molecule has 2 saturated heterocycles. The van der Waals surface area contributed by atoms with Crippen LogP contribution in [0.2, 0.25) is 0 Å². The summed E-state index contributed by atoms with van der Waals surface area (Å²) in [6, 6.07) is 6.75. The van der Waals surface area contributed by atoms with Crippen molar-refractivity contribution in [2.45, 2.75) is 78.9 Å². The third-order valence-corrected chi connectivity index (χ3v) is 8.75. The molecule has 244 valence electrons. The summed E-state index contributed by atoms with van der Waals surface area (Å²) in [7, 11) is 1.70. The van der Waals surface area contributed by atoms with Gasteiger partial charge >= 0.3 is 6.09 Å². The Morgan fingerprint density at radius 1 is 1.11 bits per heavy atom. The van der Waals surface area contributed by atoms with Crippen molar-refractivity contribution in [3.63, 3.8) is 0 Å². The van der Waals surface area contributed by atoms with Crippen LogP contribution in [0.4, 0.5) is 4.79 Å². The SMILES string of the molecule is COCCCCCn1c(C(=O)N(CC(C)C)[C@H]2C[C@@H](C(=O)N3CCOCC3)CN(C(=O)O)C2C(C)(C)C)nc2ccccc21. The molecule has 0 saturated carbocycles. The highest BCUT2D eigenvalue weighted by Gasteiger charge is 2.50. The van der Waals surface area contributed by atoms with Crippen LogP contribution in [0.5, 0.6) is 0 Å². The number of imidazole rings is 1. The van der Waals surface area contributed by atoms with Crippen LogP contribution in [0, 0.1) is 17.3 Å². The van der Waals surface area contributed by atoms with E-state index in [0.717, 1.165) is 30.3 Å². The third-order valence-electron chi connectivity index (χ3n) is 8.75. The molecule has 2 aliphatic heterocycles. The van der Waals surface area contributed by atoms with Gasteiger partial charge in [0.15, 0.2) is 5.82 Å². The predicted molar refractivity (Wildman–Crippen MR) is 169 cm³/mol. The maximum Gasteiger partial charge on any atom is 0.407 e. The Kier molecular flexibility index (Phi) is 11.3. The van der Waals surface area contributed by atoms with Gasteiger partial charge in [-0.3, -0.25) is 9.59 Å². The van der Waals surface area contributed by atoms with Gasteiger partial charge in [-0.2, -0.15) is 0 Å². The number of hydrogen-bond donors (Lipinski definition) is 1. The molecule has 1 unspecified atom stereocenters. The second-order valence-corrected chi connectivity index (χ2v) is 13.7. The molecule has 3 heterocycles. The van der Waals surface area contributed by atoms with Gasteiger partial charge in [0.2, 0.25) is 5.91 Å². The van der Waals surface area contributed by atoms with Gasteiger partial charge in [0.05, 0.1) is 42.2 Å². The quantitative estimate of drug-likeness (QED) is 0.369. The standard InChI is InChI=1S/C33H51N5O6/c1-23(2)21-37(31(40)29-34-25-12-8-9-13-26(25)36(29)14-10-7-11-17-43-6)27-20-24(30(39)35-15-18-44-19-16-35)22-38(32(41)42)28(27)33(3,4)5/h8-9,12-13,23-24,27-28H,7,10-11,14-22H2,1-6H3,(H,41,42)/t24-,27+,28?/m1/s1. The van der Waals surface area contributed by atoms with Gasteiger partial charge in [0.25, 0.3) is 5.91 Å². The zero-order valence-electron chi connectivity index (χ0n) is 27.3. The highest BCUT2D eigenvalue weighted by Crippen LogP contribution is 2.38. The third kappa shape index (κ3) is 7.72. The first kappa shape index (κ1) is 33.7. The Hall–Kier alpha value is -3.18. The number of aromatic nitrogens is 2. The number of hydrogen-bond acceptors (Lipinski definition) is 6. The summed E-state index contributed by atoms with van der Waals surface area (Å²) in [6.07, 6.45) is 2.07. The van der Waals surface area contributed by atoms with E-state index in [1.807, 2.05) is 54.5 Å². The number of piperidine rings is 1. The molecule has 3 amide bonds. The number of carboxylic acid groups (broad SMARTS) is 1. The summed E-state index contributed by atoms with van der Waals surface area (Å²) in [4.78, 5) is 51.2. The normalized spacial score (nSPS) is 21.2. The number of aryl methyl sites for hydroxylation is 1. The zero-order valence-corrected chi connectivity index (χ0v) is 27.3. The Balaban J connectivity index is 1.76. The minimum Gasteiger partial charge on any atom is -0.465 e. The van der Waals surface area contributed by atoms with Crippen LogP contribution in [0.15, 0.2) is 24.3 Å². The van der Waals surface area contributed by atoms with E-state index in [4.69, 9.17) is 14.5 Å². The van der Waals surface area contributed by atoms with E-state index in [1.54, 1.807) is 12.0 Å². The van der Waals surface area contributed by atoms with Crippen molar-refractivity contribution in [1.82, 2.24) is 24.3 Å². The first-order valence-electron chi connectivity index (χ1n) is 16.0. The molecule has 0 radical (unpaired) electrons. The van der Waals surface area contributed by atoms with Gasteiger partial charge in [-0.05, 0) is 49.1 Å². The molecule has 1 aromatic carbocycles. The molecule has 11 nitrogen and oxygen atoms in total. The number of rotatable bonds is 11. The number of para-hydroxylation sites is 2. The molecule has 1 N–H and O–H groups in total. The van der Waals surface area contributed by atoms with E-state index in [0.29, 0.717) is 58.2 Å². The second-order valence-electron chi connectivity index (χ2n) is 13.7. The summed E-state index contributed by atoms with van der Waals surface area (Å²) in [6.45, 7) is 13.9. The molecule has 0 aliphatic carbocycles. The van der Waals surface area contributed by atoms with Crippen molar-refractivity contribution < 1.29 is 29.0 Å². The highest BCUT2D eigenvalue weighted by molar-refractivity contribution is 5.95. The van der Waals surface area contributed by atoms with Crippen LogP contribution in [0.25, 0.3) is 11.0 Å². The maximum absolute atomic E-state index is 14.8. The number of ether oxygens (including phenoxy) is 2. The average molecular weight is 614 g/mol. The molecular weight excluding hydrogens is 562 g/mol. The number of fused-ring (bicyclic) bond motifs is 1. The smallest absolute Gasteiger partial charge is 0.407 e. The van der Waals surface area contributed by atoms with Crippen molar-refractivity contribution in [2.75, 3.05) is 53.1 Å². The van der Waals surface area contributed by atoms with E-state index < -0.39 is 29.5 Å². The van der Waals surface area contributed by atoms with Crippen LogP contribution in [0.1, 0.15) is 70.9 Å². The van der Waals surface area contributed by atoms with Gasteiger partial charge in [-0.1, -0.05) is 46.8 Å². The lowest BCUT2D eigenvalue weighted by Gasteiger charge is -2.52. The lowest BCUT2D eigenvalue weighted by atomic mass is 9.74. The number of carbonyl (C=O) groups is 3. The number of morpholine rings is 1. The van der Waals surface area contributed by atoms with E-state index in [1.165, 1.54) is 4.90 Å².